The van der Waals surface area contributed by atoms with Gasteiger partial charge >= 0.3 is 0 Å². The molecule has 0 N–H and O–H groups in total. The molecule has 0 atom stereocenters. The fourth-order valence-electron chi connectivity index (χ4n) is 0.676. The van der Waals surface area contributed by atoms with Crippen LogP contribution in [0, 0.1) is 11.5 Å². The Balaban J connectivity index is 2.25. The van der Waals surface area contributed by atoms with Crippen molar-refractivity contribution in [2.75, 3.05) is 13.2 Å². The molecule has 8 heavy (non-hydrogen) atoms. The van der Waals surface area contributed by atoms with Crippen LogP contribution >= 0.6 is 0 Å². The summed E-state index contributed by atoms with van der Waals surface area (Å²) in [6.07, 6.45) is 4.07. The second-order valence-electron chi connectivity index (χ2n) is 1.74. The van der Waals surface area contributed by atoms with Gasteiger partial charge < -0.3 is 0 Å². The Morgan fingerprint density at radius 2 is 2.38 bits per heavy atom. The van der Waals surface area contributed by atoms with E-state index in [1.165, 1.54) is 5.06 Å². The summed E-state index contributed by atoms with van der Waals surface area (Å²) in [7, 11) is 0. The molecule has 3 nitrogen and oxygen atoms in total. The molecule has 1 fully saturated rings. The highest BCUT2D eigenvalue weighted by Gasteiger charge is 2.06. The maximum atomic E-state index is 8.24. The van der Waals surface area contributed by atoms with Gasteiger partial charge in [-0.15, -0.1) is 0 Å². The first-order valence-electron chi connectivity index (χ1n) is 2.73. The van der Waals surface area contributed by atoms with Gasteiger partial charge in [-0.3, -0.25) is 4.84 Å². The van der Waals surface area contributed by atoms with Crippen molar-refractivity contribution in [3.63, 3.8) is 0 Å². The number of hydrogen-bond donors (Lipinski definition) is 0. The van der Waals surface area contributed by atoms with Crippen LogP contribution in [0.1, 0.15) is 12.8 Å². The van der Waals surface area contributed by atoms with Gasteiger partial charge in [-0.05, 0) is 12.8 Å². The van der Waals surface area contributed by atoms with E-state index in [-0.39, 0.29) is 0 Å². The second kappa shape index (κ2) is 2.53. The summed E-state index contributed by atoms with van der Waals surface area (Å²) in [5.74, 6) is 0. The zero-order valence-corrected chi connectivity index (χ0v) is 4.63. The highest BCUT2D eigenvalue weighted by Crippen LogP contribution is 2.02. The van der Waals surface area contributed by atoms with Crippen LogP contribution in [0.5, 0.6) is 0 Å². The summed E-state index contributed by atoms with van der Waals surface area (Å²) in [6.45, 7) is 1.46. The first-order valence-corrected chi connectivity index (χ1v) is 2.73. The molecule has 1 rings (SSSR count). The Morgan fingerprint density at radius 1 is 1.50 bits per heavy atom. The van der Waals surface area contributed by atoms with Crippen LogP contribution in [0.15, 0.2) is 0 Å². The van der Waals surface area contributed by atoms with Gasteiger partial charge in [0.2, 0.25) is 6.19 Å². The number of rotatable bonds is 0. The standard InChI is InChI=1S/C5H8N2O/c6-5-7-3-1-2-4-8-7/h1-4H2. The van der Waals surface area contributed by atoms with Gasteiger partial charge in [0.05, 0.1) is 13.2 Å². The Bertz CT molecular complexity index is 101. The molecule has 1 heterocycles. The van der Waals surface area contributed by atoms with Gasteiger partial charge in [-0.2, -0.15) is 10.3 Å². The normalized spacial score (nSPS) is 20.1. The quantitative estimate of drug-likeness (QED) is 0.428. The zero-order chi connectivity index (χ0) is 5.82. The van der Waals surface area contributed by atoms with Gasteiger partial charge in [0.25, 0.3) is 0 Å². The monoisotopic (exact) mass is 112 g/mol. The van der Waals surface area contributed by atoms with Crippen molar-refractivity contribution >= 4 is 0 Å². The van der Waals surface area contributed by atoms with E-state index in [1.54, 1.807) is 0 Å². The Kier molecular flexibility index (Phi) is 1.70. The average Bonchev–Trinajstić information content (AvgIpc) is 1.90. The van der Waals surface area contributed by atoms with Gasteiger partial charge in [-0.1, -0.05) is 0 Å². The molecule has 0 bridgehead atoms. The van der Waals surface area contributed by atoms with E-state index in [4.69, 9.17) is 10.1 Å². The molecule has 0 spiro atoms. The maximum Gasteiger partial charge on any atom is 0.205 e. The lowest BCUT2D eigenvalue weighted by molar-refractivity contribution is -0.135. The Hall–Kier alpha value is -0.750. The zero-order valence-electron chi connectivity index (χ0n) is 4.63. The third kappa shape index (κ3) is 1.11. The molecule has 0 aliphatic carbocycles. The molecule has 44 valence electrons. The van der Waals surface area contributed by atoms with Gasteiger partial charge in [0.1, 0.15) is 0 Å². The second-order valence-corrected chi connectivity index (χ2v) is 1.74. The molecule has 1 aliphatic heterocycles. The number of nitriles is 1. The van der Waals surface area contributed by atoms with Crippen molar-refractivity contribution < 1.29 is 4.84 Å². The van der Waals surface area contributed by atoms with Gasteiger partial charge in [-0.25, -0.2) is 0 Å². The molecule has 0 saturated carbocycles. The van der Waals surface area contributed by atoms with Crippen molar-refractivity contribution in [1.82, 2.24) is 5.06 Å². The molecular weight excluding hydrogens is 104 g/mol. The smallest absolute Gasteiger partial charge is 0.205 e. The molecule has 0 aromatic rings. The largest absolute Gasteiger partial charge is 0.264 e. The lowest BCUT2D eigenvalue weighted by atomic mass is 10.3. The minimum Gasteiger partial charge on any atom is -0.264 e. The third-order valence-electron chi connectivity index (χ3n) is 1.11. The van der Waals surface area contributed by atoms with Crippen LogP contribution in [-0.2, 0) is 4.84 Å². The van der Waals surface area contributed by atoms with E-state index in [9.17, 15) is 0 Å². The lowest BCUT2D eigenvalue weighted by Gasteiger charge is -2.19. The van der Waals surface area contributed by atoms with Crippen molar-refractivity contribution in [3.8, 4) is 6.19 Å². The Labute approximate surface area is 48.4 Å². The summed E-state index contributed by atoms with van der Waals surface area (Å²) in [4.78, 5) is 4.90. The molecule has 0 unspecified atom stereocenters. The number of hydroxylamine groups is 2. The minimum atomic E-state index is 0.702. The van der Waals surface area contributed by atoms with Crippen molar-refractivity contribution in [1.29, 1.82) is 5.26 Å². The summed E-state index contributed by atoms with van der Waals surface area (Å²) >= 11 is 0. The predicted molar refractivity (Wildman–Crippen MR) is 27.5 cm³/mol. The highest BCUT2D eigenvalue weighted by atomic mass is 16.7. The molecule has 0 radical (unpaired) electrons. The molecule has 1 saturated heterocycles. The minimum absolute atomic E-state index is 0.702. The van der Waals surface area contributed by atoms with Crippen LogP contribution in [0.25, 0.3) is 0 Å². The summed E-state index contributed by atoms with van der Waals surface area (Å²) < 4.78 is 0. The molecule has 3 heteroatoms. The fraction of sp³-hybridized carbons (Fsp3) is 0.800. The topological polar surface area (TPSA) is 36.3 Å². The Morgan fingerprint density at radius 3 is 2.75 bits per heavy atom. The number of hydrogen-bond acceptors (Lipinski definition) is 3. The first kappa shape index (κ1) is 5.39. The maximum absolute atomic E-state index is 8.24. The van der Waals surface area contributed by atoms with Crippen LogP contribution in [-0.4, -0.2) is 18.2 Å². The van der Waals surface area contributed by atoms with Crippen LogP contribution < -0.4 is 0 Å². The van der Waals surface area contributed by atoms with E-state index in [1.807, 2.05) is 6.19 Å². The summed E-state index contributed by atoms with van der Waals surface area (Å²) in [5.41, 5.74) is 0. The molecule has 0 amide bonds. The van der Waals surface area contributed by atoms with E-state index in [0.29, 0.717) is 6.61 Å². The highest BCUT2D eigenvalue weighted by molar-refractivity contribution is 4.66. The van der Waals surface area contributed by atoms with E-state index >= 15 is 0 Å². The third-order valence-corrected chi connectivity index (χ3v) is 1.11. The van der Waals surface area contributed by atoms with Gasteiger partial charge in [0.15, 0.2) is 0 Å². The van der Waals surface area contributed by atoms with Crippen molar-refractivity contribution in [3.05, 3.63) is 0 Å². The molecular formula is C5H8N2O. The van der Waals surface area contributed by atoms with Crippen molar-refractivity contribution in [2.24, 2.45) is 0 Å². The predicted octanol–water partition coefficient (Wildman–Crippen LogP) is 0.495. The molecule has 1 aliphatic rings. The summed E-state index contributed by atoms with van der Waals surface area (Å²) in [6, 6.07) is 0. The average molecular weight is 112 g/mol. The van der Waals surface area contributed by atoms with Crippen LogP contribution in [0.2, 0.25) is 0 Å². The van der Waals surface area contributed by atoms with E-state index in [0.717, 1.165) is 19.4 Å². The molecule has 0 aromatic carbocycles. The van der Waals surface area contributed by atoms with E-state index < -0.39 is 0 Å². The lowest BCUT2D eigenvalue weighted by Crippen LogP contribution is -2.24. The number of nitrogens with zero attached hydrogens (tertiary/aromatic N) is 2. The SMILES string of the molecule is N#CN1CCCCO1. The van der Waals surface area contributed by atoms with Crippen molar-refractivity contribution in [2.45, 2.75) is 12.8 Å². The van der Waals surface area contributed by atoms with Crippen LogP contribution in [0.3, 0.4) is 0 Å². The van der Waals surface area contributed by atoms with Gasteiger partial charge in [0, 0.05) is 0 Å². The van der Waals surface area contributed by atoms with E-state index in [2.05, 4.69) is 0 Å². The fourth-order valence-corrected chi connectivity index (χ4v) is 0.676. The van der Waals surface area contributed by atoms with Crippen LogP contribution in [0.4, 0.5) is 0 Å². The molecule has 0 aromatic heterocycles. The summed E-state index contributed by atoms with van der Waals surface area (Å²) in [5, 5.41) is 9.56. The first-order chi connectivity index (χ1) is 3.93.